The number of hydrogen-bond acceptors (Lipinski definition) is 5. The topological polar surface area (TPSA) is 97.5 Å². The molecule has 0 aliphatic carbocycles. The van der Waals surface area contributed by atoms with Crippen molar-refractivity contribution in [2.45, 2.75) is 45.3 Å². The molecule has 140 valence electrons. The lowest BCUT2D eigenvalue weighted by atomic mass is 9.94. The molecule has 2 aromatic rings. The first kappa shape index (κ1) is 19.9. The highest BCUT2D eigenvalue weighted by molar-refractivity contribution is 5.95. The standard InChI is InChI=1S/C20H27N3O3/c1-4-15(24)13-23-20(2,3)12-14-7-9-16(10-8-14)26-19-17(18(21)25)6-5-11-22-19/h5-11,15,23-24H,4,12-13H2,1-3H3,(H2,21,25). The highest BCUT2D eigenvalue weighted by Gasteiger charge is 2.19. The Morgan fingerprint density at radius 1 is 1.31 bits per heavy atom. The van der Waals surface area contributed by atoms with Gasteiger partial charge in [-0.05, 0) is 56.5 Å². The zero-order valence-electron chi connectivity index (χ0n) is 15.5. The number of ether oxygens (including phenoxy) is 1. The lowest BCUT2D eigenvalue weighted by molar-refractivity contribution is 0.0997. The van der Waals surface area contributed by atoms with Gasteiger partial charge < -0.3 is 20.9 Å². The van der Waals surface area contributed by atoms with Gasteiger partial charge in [0.05, 0.1) is 6.10 Å². The van der Waals surface area contributed by atoms with E-state index in [9.17, 15) is 9.90 Å². The summed E-state index contributed by atoms with van der Waals surface area (Å²) in [5.74, 6) is 0.206. The number of amides is 1. The van der Waals surface area contributed by atoms with Crippen molar-refractivity contribution in [3.05, 3.63) is 53.7 Å². The summed E-state index contributed by atoms with van der Waals surface area (Å²) < 4.78 is 5.69. The molecule has 0 saturated carbocycles. The molecule has 0 aliphatic rings. The van der Waals surface area contributed by atoms with Crippen molar-refractivity contribution in [1.82, 2.24) is 10.3 Å². The van der Waals surface area contributed by atoms with Crippen LogP contribution < -0.4 is 15.8 Å². The molecule has 6 heteroatoms. The SMILES string of the molecule is CCC(O)CNC(C)(C)Cc1ccc(Oc2ncccc2C(N)=O)cc1. The maximum absolute atomic E-state index is 11.4. The molecular weight excluding hydrogens is 330 g/mol. The number of nitrogens with one attached hydrogen (secondary N) is 1. The third kappa shape index (κ3) is 5.82. The van der Waals surface area contributed by atoms with Gasteiger partial charge in [0.2, 0.25) is 5.88 Å². The zero-order chi connectivity index (χ0) is 19.2. The van der Waals surface area contributed by atoms with E-state index in [2.05, 4.69) is 24.1 Å². The molecule has 1 heterocycles. The van der Waals surface area contributed by atoms with Crippen LogP contribution in [0.3, 0.4) is 0 Å². The number of nitrogens with two attached hydrogens (primary N) is 1. The number of aliphatic hydroxyl groups is 1. The Bertz CT molecular complexity index is 729. The maximum Gasteiger partial charge on any atom is 0.254 e. The fourth-order valence-electron chi connectivity index (χ4n) is 2.56. The first-order valence-electron chi connectivity index (χ1n) is 8.75. The van der Waals surface area contributed by atoms with Crippen LogP contribution in [-0.2, 0) is 6.42 Å². The van der Waals surface area contributed by atoms with E-state index in [0.29, 0.717) is 12.3 Å². The smallest absolute Gasteiger partial charge is 0.254 e. The van der Waals surface area contributed by atoms with E-state index in [1.54, 1.807) is 18.3 Å². The van der Waals surface area contributed by atoms with Gasteiger partial charge in [-0.3, -0.25) is 4.79 Å². The second-order valence-electron chi connectivity index (χ2n) is 6.97. The molecule has 0 spiro atoms. The fraction of sp³-hybridized carbons (Fsp3) is 0.400. The van der Waals surface area contributed by atoms with Gasteiger partial charge in [0, 0.05) is 18.3 Å². The summed E-state index contributed by atoms with van der Waals surface area (Å²) in [5.41, 5.74) is 6.58. The Labute approximate surface area is 154 Å². The Balaban J connectivity index is 2.01. The molecular formula is C20H27N3O3. The number of aromatic nitrogens is 1. The van der Waals surface area contributed by atoms with Crippen molar-refractivity contribution in [2.75, 3.05) is 6.54 Å². The third-order valence-corrected chi connectivity index (χ3v) is 4.11. The molecule has 26 heavy (non-hydrogen) atoms. The van der Waals surface area contributed by atoms with Crippen LogP contribution in [0.15, 0.2) is 42.6 Å². The fourth-order valence-corrected chi connectivity index (χ4v) is 2.56. The van der Waals surface area contributed by atoms with Crippen molar-refractivity contribution < 1.29 is 14.6 Å². The molecule has 0 aliphatic heterocycles. The molecule has 1 amide bonds. The third-order valence-electron chi connectivity index (χ3n) is 4.11. The van der Waals surface area contributed by atoms with E-state index in [1.165, 1.54) is 0 Å². The molecule has 4 N–H and O–H groups in total. The van der Waals surface area contributed by atoms with Gasteiger partial charge in [-0.1, -0.05) is 19.1 Å². The summed E-state index contributed by atoms with van der Waals surface area (Å²) in [6.45, 7) is 6.74. The number of hydrogen-bond donors (Lipinski definition) is 3. The van der Waals surface area contributed by atoms with Crippen molar-refractivity contribution in [3.8, 4) is 11.6 Å². The summed E-state index contributed by atoms with van der Waals surface area (Å²) >= 11 is 0. The maximum atomic E-state index is 11.4. The van der Waals surface area contributed by atoms with Gasteiger partial charge in [-0.25, -0.2) is 4.98 Å². The van der Waals surface area contributed by atoms with Crippen molar-refractivity contribution >= 4 is 5.91 Å². The van der Waals surface area contributed by atoms with Crippen LogP contribution in [0.1, 0.15) is 43.1 Å². The number of primary amides is 1. The number of pyridine rings is 1. The predicted molar refractivity (Wildman–Crippen MR) is 101 cm³/mol. The minimum Gasteiger partial charge on any atom is -0.438 e. The minimum atomic E-state index is -0.577. The van der Waals surface area contributed by atoms with Gasteiger partial charge in [-0.2, -0.15) is 0 Å². The van der Waals surface area contributed by atoms with E-state index >= 15 is 0 Å². The Morgan fingerprint density at radius 2 is 2.00 bits per heavy atom. The second-order valence-corrected chi connectivity index (χ2v) is 6.97. The Morgan fingerprint density at radius 3 is 2.62 bits per heavy atom. The second kappa shape index (κ2) is 8.78. The number of aliphatic hydroxyl groups excluding tert-OH is 1. The molecule has 1 atom stereocenters. The summed E-state index contributed by atoms with van der Waals surface area (Å²) in [4.78, 5) is 15.5. The molecule has 1 unspecified atom stereocenters. The number of rotatable bonds is 9. The summed E-state index contributed by atoms with van der Waals surface area (Å²) in [5, 5.41) is 13.1. The Hall–Kier alpha value is -2.44. The average Bonchev–Trinajstić information content (AvgIpc) is 2.61. The van der Waals surface area contributed by atoms with E-state index in [0.717, 1.165) is 18.4 Å². The van der Waals surface area contributed by atoms with Crippen molar-refractivity contribution in [1.29, 1.82) is 0 Å². The molecule has 0 fully saturated rings. The predicted octanol–water partition coefficient (Wildman–Crippen LogP) is 2.65. The number of carbonyl (C=O) groups is 1. The average molecular weight is 357 g/mol. The highest BCUT2D eigenvalue weighted by Crippen LogP contribution is 2.24. The van der Waals surface area contributed by atoms with Gasteiger partial charge >= 0.3 is 0 Å². The quantitative estimate of drug-likeness (QED) is 0.641. The van der Waals surface area contributed by atoms with Crippen LogP contribution in [0, 0.1) is 0 Å². The van der Waals surface area contributed by atoms with Crippen molar-refractivity contribution in [3.63, 3.8) is 0 Å². The lowest BCUT2D eigenvalue weighted by Crippen LogP contribution is -2.44. The number of β-amino-alcohol motifs (C(OH)–C–C–N with tert-alkyl or cyclic N) is 1. The van der Waals surface area contributed by atoms with Crippen LogP contribution >= 0.6 is 0 Å². The van der Waals surface area contributed by atoms with Crippen LogP contribution in [-0.4, -0.2) is 34.2 Å². The number of benzene rings is 1. The van der Waals surface area contributed by atoms with Crippen LogP contribution in [0.2, 0.25) is 0 Å². The van der Waals surface area contributed by atoms with E-state index in [1.807, 2.05) is 31.2 Å². The normalized spacial score (nSPS) is 12.6. The van der Waals surface area contributed by atoms with Crippen LogP contribution in [0.4, 0.5) is 0 Å². The summed E-state index contributed by atoms with van der Waals surface area (Å²) in [6.07, 6.45) is 2.76. The van der Waals surface area contributed by atoms with Crippen LogP contribution in [0.25, 0.3) is 0 Å². The van der Waals surface area contributed by atoms with Crippen LogP contribution in [0.5, 0.6) is 11.6 Å². The molecule has 0 saturated heterocycles. The summed E-state index contributed by atoms with van der Waals surface area (Å²) in [7, 11) is 0. The van der Waals surface area contributed by atoms with E-state index in [-0.39, 0.29) is 23.1 Å². The van der Waals surface area contributed by atoms with Crippen molar-refractivity contribution in [2.24, 2.45) is 5.73 Å². The zero-order valence-corrected chi connectivity index (χ0v) is 15.5. The Kier molecular flexibility index (Phi) is 6.71. The first-order chi connectivity index (χ1) is 12.3. The number of nitrogens with zero attached hydrogens (tertiary/aromatic N) is 1. The molecule has 0 radical (unpaired) electrons. The molecule has 1 aromatic carbocycles. The van der Waals surface area contributed by atoms with Gasteiger partial charge in [0.1, 0.15) is 11.3 Å². The first-order valence-corrected chi connectivity index (χ1v) is 8.75. The van der Waals surface area contributed by atoms with E-state index < -0.39 is 5.91 Å². The molecule has 2 rings (SSSR count). The van der Waals surface area contributed by atoms with Gasteiger partial charge in [0.25, 0.3) is 5.91 Å². The minimum absolute atomic E-state index is 0.140. The molecule has 1 aromatic heterocycles. The largest absolute Gasteiger partial charge is 0.438 e. The number of carbonyl (C=O) groups excluding carboxylic acids is 1. The summed E-state index contributed by atoms with van der Waals surface area (Å²) in [6, 6.07) is 10.8. The monoisotopic (exact) mass is 357 g/mol. The molecule has 6 nitrogen and oxygen atoms in total. The van der Waals surface area contributed by atoms with Gasteiger partial charge in [0.15, 0.2) is 0 Å². The molecule has 0 bridgehead atoms. The van der Waals surface area contributed by atoms with E-state index in [4.69, 9.17) is 10.5 Å². The van der Waals surface area contributed by atoms with Gasteiger partial charge in [-0.15, -0.1) is 0 Å². The highest BCUT2D eigenvalue weighted by atomic mass is 16.5. The lowest BCUT2D eigenvalue weighted by Gasteiger charge is -2.28.